The van der Waals surface area contributed by atoms with Crippen molar-refractivity contribution in [1.29, 1.82) is 0 Å². The summed E-state index contributed by atoms with van der Waals surface area (Å²) in [6, 6.07) is 6.50. The summed E-state index contributed by atoms with van der Waals surface area (Å²) in [5.41, 5.74) is 1.25. The summed E-state index contributed by atoms with van der Waals surface area (Å²) in [7, 11) is 0. The van der Waals surface area contributed by atoms with Crippen molar-refractivity contribution in [3.8, 4) is 11.1 Å². The van der Waals surface area contributed by atoms with Gasteiger partial charge >= 0.3 is 0 Å². The summed E-state index contributed by atoms with van der Waals surface area (Å²) in [6.45, 7) is 0.360. The second-order valence-corrected chi connectivity index (χ2v) is 3.49. The fourth-order valence-electron chi connectivity index (χ4n) is 1.60. The molecule has 0 unspecified atom stereocenters. The normalized spacial score (nSPS) is 10.4. The predicted octanol–water partition coefficient (Wildman–Crippen LogP) is 1.45. The Hall–Kier alpha value is -2.21. The smallest absolute Gasteiger partial charge is 0.277 e. The first kappa shape index (κ1) is 11.3. The maximum Gasteiger partial charge on any atom is 0.277 e. The molecule has 6 heteroatoms. The van der Waals surface area contributed by atoms with E-state index in [0.29, 0.717) is 17.7 Å². The third-order valence-electron chi connectivity index (χ3n) is 2.37. The lowest BCUT2D eigenvalue weighted by Gasteiger charge is -1.99. The third-order valence-corrected chi connectivity index (χ3v) is 2.37. The average Bonchev–Trinajstić information content (AvgIpc) is 2.78. The molecule has 0 aliphatic heterocycles. The number of nitro groups is 1. The first-order valence-corrected chi connectivity index (χ1v) is 5.09. The van der Waals surface area contributed by atoms with Gasteiger partial charge in [-0.25, -0.2) is 0 Å². The van der Waals surface area contributed by atoms with E-state index in [1.807, 2.05) is 0 Å². The lowest BCUT2D eigenvalue weighted by Crippen LogP contribution is -2.01. The summed E-state index contributed by atoms with van der Waals surface area (Å²) in [5.74, 6) is 0. The second kappa shape index (κ2) is 4.75. The summed E-state index contributed by atoms with van der Waals surface area (Å²) in [6.07, 6.45) is 3.23. The van der Waals surface area contributed by atoms with Gasteiger partial charge in [-0.2, -0.15) is 5.10 Å². The molecule has 0 radical (unpaired) electrons. The van der Waals surface area contributed by atoms with Crippen molar-refractivity contribution in [2.45, 2.75) is 6.54 Å². The lowest BCUT2D eigenvalue weighted by atomic mass is 10.1. The monoisotopic (exact) mass is 233 g/mol. The molecule has 2 rings (SSSR count). The molecule has 0 amide bonds. The van der Waals surface area contributed by atoms with Crippen molar-refractivity contribution in [2.24, 2.45) is 0 Å². The number of hydrogen-bond donors (Lipinski definition) is 1. The van der Waals surface area contributed by atoms with E-state index in [-0.39, 0.29) is 12.3 Å². The van der Waals surface area contributed by atoms with Gasteiger partial charge in [0, 0.05) is 17.8 Å². The highest BCUT2D eigenvalue weighted by Gasteiger charge is 2.15. The van der Waals surface area contributed by atoms with Crippen molar-refractivity contribution in [3.63, 3.8) is 0 Å². The van der Waals surface area contributed by atoms with Gasteiger partial charge in [0.25, 0.3) is 5.69 Å². The number of aliphatic hydroxyl groups is 1. The number of hydrogen-bond acceptors (Lipinski definition) is 4. The number of benzene rings is 1. The Morgan fingerprint density at radius 3 is 2.88 bits per heavy atom. The molecule has 0 bridgehead atoms. The zero-order chi connectivity index (χ0) is 12.3. The van der Waals surface area contributed by atoms with Crippen LogP contribution < -0.4 is 0 Å². The van der Waals surface area contributed by atoms with Crippen molar-refractivity contribution in [1.82, 2.24) is 9.78 Å². The van der Waals surface area contributed by atoms with Crippen LogP contribution in [-0.4, -0.2) is 26.4 Å². The zero-order valence-corrected chi connectivity index (χ0v) is 8.98. The molecule has 0 aliphatic rings. The molecule has 6 nitrogen and oxygen atoms in total. The fraction of sp³-hybridized carbons (Fsp3) is 0.182. The molecule has 0 aliphatic carbocycles. The molecule has 0 saturated heterocycles. The second-order valence-electron chi connectivity index (χ2n) is 3.49. The molecule has 0 atom stereocenters. The minimum absolute atomic E-state index is 0.0159. The van der Waals surface area contributed by atoms with Crippen LogP contribution in [0.3, 0.4) is 0 Å². The van der Waals surface area contributed by atoms with Gasteiger partial charge in [-0.1, -0.05) is 12.1 Å². The summed E-state index contributed by atoms with van der Waals surface area (Å²) < 4.78 is 1.55. The Balaban J connectivity index is 2.41. The van der Waals surface area contributed by atoms with Crippen LogP contribution >= 0.6 is 0 Å². The maximum atomic E-state index is 10.9. The van der Waals surface area contributed by atoms with Crippen molar-refractivity contribution in [3.05, 3.63) is 46.8 Å². The largest absolute Gasteiger partial charge is 0.394 e. The van der Waals surface area contributed by atoms with E-state index in [0.717, 1.165) is 0 Å². The highest BCUT2D eigenvalue weighted by molar-refractivity contribution is 5.72. The van der Waals surface area contributed by atoms with E-state index in [9.17, 15) is 10.1 Å². The van der Waals surface area contributed by atoms with Crippen LogP contribution in [0.1, 0.15) is 0 Å². The SMILES string of the molecule is O=[N+]([O-])c1ccccc1-c1cnn(CCO)c1. The van der Waals surface area contributed by atoms with E-state index >= 15 is 0 Å². The number of nitrogens with zero attached hydrogens (tertiary/aromatic N) is 3. The zero-order valence-electron chi connectivity index (χ0n) is 8.98. The number of aliphatic hydroxyl groups excluding tert-OH is 1. The Bertz CT molecular complexity index is 536. The number of nitro benzene ring substituents is 1. The van der Waals surface area contributed by atoms with E-state index < -0.39 is 4.92 Å². The van der Waals surface area contributed by atoms with E-state index in [1.54, 1.807) is 35.3 Å². The highest BCUT2D eigenvalue weighted by atomic mass is 16.6. The molecular weight excluding hydrogens is 222 g/mol. The van der Waals surface area contributed by atoms with Crippen LogP contribution in [0.15, 0.2) is 36.7 Å². The number of para-hydroxylation sites is 1. The number of aromatic nitrogens is 2. The predicted molar refractivity (Wildman–Crippen MR) is 61.4 cm³/mol. The fourth-order valence-corrected chi connectivity index (χ4v) is 1.60. The Morgan fingerprint density at radius 1 is 1.41 bits per heavy atom. The Labute approximate surface area is 97.3 Å². The molecule has 0 fully saturated rings. The molecule has 1 aromatic carbocycles. The molecule has 1 N–H and O–H groups in total. The van der Waals surface area contributed by atoms with Gasteiger partial charge in [-0.15, -0.1) is 0 Å². The molecule has 88 valence electrons. The summed E-state index contributed by atoms with van der Waals surface area (Å²) in [5, 5.41) is 23.7. The van der Waals surface area contributed by atoms with Gasteiger partial charge in [0.05, 0.1) is 29.8 Å². The summed E-state index contributed by atoms with van der Waals surface area (Å²) >= 11 is 0. The van der Waals surface area contributed by atoms with Gasteiger partial charge in [0.2, 0.25) is 0 Å². The standard InChI is InChI=1S/C11H11N3O3/c15-6-5-13-8-9(7-12-13)10-3-1-2-4-11(10)14(16)17/h1-4,7-8,15H,5-6H2. The van der Waals surface area contributed by atoms with Gasteiger partial charge in [0.15, 0.2) is 0 Å². The van der Waals surface area contributed by atoms with Gasteiger partial charge < -0.3 is 5.11 Å². The molecule has 17 heavy (non-hydrogen) atoms. The molecule has 0 saturated carbocycles. The summed E-state index contributed by atoms with van der Waals surface area (Å²) in [4.78, 5) is 10.4. The van der Waals surface area contributed by atoms with Crippen LogP contribution in [0, 0.1) is 10.1 Å². The molecular formula is C11H11N3O3. The van der Waals surface area contributed by atoms with Crippen molar-refractivity contribution in [2.75, 3.05) is 6.61 Å². The van der Waals surface area contributed by atoms with Crippen LogP contribution in [0.5, 0.6) is 0 Å². The Kier molecular flexibility index (Phi) is 3.15. The lowest BCUT2D eigenvalue weighted by molar-refractivity contribution is -0.384. The number of rotatable bonds is 4. The van der Waals surface area contributed by atoms with Gasteiger partial charge in [0.1, 0.15) is 0 Å². The Morgan fingerprint density at radius 2 is 2.18 bits per heavy atom. The minimum atomic E-state index is -0.418. The average molecular weight is 233 g/mol. The molecule has 1 heterocycles. The van der Waals surface area contributed by atoms with Crippen molar-refractivity contribution < 1.29 is 10.0 Å². The van der Waals surface area contributed by atoms with Crippen LogP contribution in [-0.2, 0) is 6.54 Å². The minimum Gasteiger partial charge on any atom is -0.394 e. The first-order valence-electron chi connectivity index (χ1n) is 5.09. The van der Waals surface area contributed by atoms with E-state index in [4.69, 9.17) is 5.11 Å². The third kappa shape index (κ3) is 2.31. The van der Waals surface area contributed by atoms with Crippen LogP contribution in [0.4, 0.5) is 5.69 Å². The van der Waals surface area contributed by atoms with Crippen LogP contribution in [0.25, 0.3) is 11.1 Å². The quantitative estimate of drug-likeness (QED) is 0.640. The molecule has 2 aromatic rings. The van der Waals surface area contributed by atoms with Gasteiger partial charge in [-0.05, 0) is 6.07 Å². The highest BCUT2D eigenvalue weighted by Crippen LogP contribution is 2.28. The van der Waals surface area contributed by atoms with E-state index in [2.05, 4.69) is 5.10 Å². The molecule has 0 spiro atoms. The molecule has 1 aromatic heterocycles. The van der Waals surface area contributed by atoms with Gasteiger partial charge in [-0.3, -0.25) is 14.8 Å². The maximum absolute atomic E-state index is 10.9. The van der Waals surface area contributed by atoms with E-state index in [1.165, 1.54) is 6.07 Å². The van der Waals surface area contributed by atoms with Crippen molar-refractivity contribution >= 4 is 5.69 Å². The van der Waals surface area contributed by atoms with Crippen LogP contribution in [0.2, 0.25) is 0 Å². The first-order chi connectivity index (χ1) is 8.22. The topological polar surface area (TPSA) is 81.2 Å².